The Balaban J connectivity index is 2.59. The minimum atomic E-state index is -3.38. The molecular formula is C13H28N2O3S. The summed E-state index contributed by atoms with van der Waals surface area (Å²) in [6.45, 7) is 9.76. The molecule has 5 nitrogen and oxygen atoms in total. The number of ether oxygens (including phenoxy) is 1. The van der Waals surface area contributed by atoms with Crippen LogP contribution in [0, 0.1) is 11.3 Å². The summed E-state index contributed by atoms with van der Waals surface area (Å²) < 4.78 is 34.1. The molecule has 0 unspecified atom stereocenters. The van der Waals surface area contributed by atoms with Gasteiger partial charge in [0.1, 0.15) is 0 Å². The van der Waals surface area contributed by atoms with Crippen LogP contribution in [0.5, 0.6) is 0 Å². The second-order valence-electron chi connectivity index (χ2n) is 6.55. The molecule has 0 saturated carbocycles. The van der Waals surface area contributed by atoms with Gasteiger partial charge in [0, 0.05) is 26.7 Å². The van der Waals surface area contributed by atoms with Crippen LogP contribution in [0.4, 0.5) is 0 Å². The van der Waals surface area contributed by atoms with Crippen LogP contribution in [0.25, 0.3) is 0 Å². The van der Waals surface area contributed by atoms with Gasteiger partial charge in [-0.25, -0.2) is 0 Å². The van der Waals surface area contributed by atoms with Gasteiger partial charge in [-0.05, 0) is 24.2 Å². The number of nitrogens with zero attached hydrogens (tertiary/aromatic N) is 1. The normalized spacial score (nSPS) is 24.4. The predicted octanol–water partition coefficient (Wildman–Crippen LogP) is 1.61. The third kappa shape index (κ3) is 5.02. The molecule has 6 heteroatoms. The maximum atomic E-state index is 12.2. The summed E-state index contributed by atoms with van der Waals surface area (Å²) in [6, 6.07) is 0. The lowest BCUT2D eigenvalue weighted by molar-refractivity contribution is 0.0209. The van der Waals surface area contributed by atoms with Gasteiger partial charge in [0.05, 0.1) is 6.10 Å². The summed E-state index contributed by atoms with van der Waals surface area (Å²) in [7, 11) is -1.76. The van der Waals surface area contributed by atoms with Crippen LogP contribution in [0.1, 0.15) is 40.5 Å². The molecule has 2 atom stereocenters. The number of hydrogen-bond donors (Lipinski definition) is 1. The summed E-state index contributed by atoms with van der Waals surface area (Å²) in [5.74, 6) is 0.436. The number of hydrogen-bond acceptors (Lipinski definition) is 3. The van der Waals surface area contributed by atoms with Gasteiger partial charge in [-0.1, -0.05) is 27.7 Å². The maximum absolute atomic E-state index is 12.2. The topological polar surface area (TPSA) is 58.6 Å². The second-order valence-corrected chi connectivity index (χ2v) is 8.30. The van der Waals surface area contributed by atoms with E-state index in [2.05, 4.69) is 11.6 Å². The van der Waals surface area contributed by atoms with Crippen LogP contribution < -0.4 is 4.72 Å². The van der Waals surface area contributed by atoms with Crippen molar-refractivity contribution in [3.8, 4) is 0 Å². The minimum absolute atomic E-state index is 0.0908. The van der Waals surface area contributed by atoms with E-state index in [1.807, 2.05) is 20.8 Å². The molecule has 1 aliphatic rings. The van der Waals surface area contributed by atoms with E-state index in [1.54, 1.807) is 11.4 Å². The van der Waals surface area contributed by atoms with Gasteiger partial charge >= 0.3 is 0 Å². The van der Waals surface area contributed by atoms with Crippen molar-refractivity contribution >= 4 is 10.2 Å². The molecule has 0 spiro atoms. The molecule has 0 aliphatic carbocycles. The zero-order chi connectivity index (χ0) is 14.7. The molecule has 1 aliphatic heterocycles. The quantitative estimate of drug-likeness (QED) is 0.837. The Hall–Kier alpha value is -0.170. The Kier molecular flexibility index (Phi) is 5.79. The Morgan fingerprint density at radius 2 is 2.05 bits per heavy atom. The van der Waals surface area contributed by atoms with Gasteiger partial charge in [-0.3, -0.25) is 0 Å². The van der Waals surface area contributed by atoms with Crippen molar-refractivity contribution in [2.75, 3.05) is 26.7 Å². The molecule has 1 fully saturated rings. The molecule has 0 bridgehead atoms. The number of nitrogens with one attached hydrogen (secondary N) is 1. The molecule has 0 aromatic carbocycles. The molecule has 1 heterocycles. The highest BCUT2D eigenvalue weighted by atomic mass is 32.2. The monoisotopic (exact) mass is 292 g/mol. The Morgan fingerprint density at radius 3 is 2.53 bits per heavy atom. The molecule has 0 amide bonds. The molecule has 114 valence electrons. The van der Waals surface area contributed by atoms with Gasteiger partial charge in [-0.15, -0.1) is 0 Å². The van der Waals surface area contributed by atoms with Gasteiger partial charge in [0.2, 0.25) is 0 Å². The first-order valence-corrected chi connectivity index (χ1v) is 8.38. The average molecular weight is 292 g/mol. The van der Waals surface area contributed by atoms with E-state index < -0.39 is 10.2 Å². The molecule has 0 aromatic heterocycles. The van der Waals surface area contributed by atoms with Crippen LogP contribution in [0.3, 0.4) is 0 Å². The molecule has 1 rings (SSSR count). The highest BCUT2D eigenvalue weighted by molar-refractivity contribution is 7.87. The van der Waals surface area contributed by atoms with E-state index >= 15 is 0 Å². The fourth-order valence-corrected chi connectivity index (χ4v) is 3.74. The van der Waals surface area contributed by atoms with E-state index in [4.69, 9.17) is 4.74 Å². The van der Waals surface area contributed by atoms with Crippen molar-refractivity contribution in [3.05, 3.63) is 0 Å². The Labute approximate surface area is 117 Å². The Morgan fingerprint density at radius 1 is 1.42 bits per heavy atom. The summed E-state index contributed by atoms with van der Waals surface area (Å²) in [6.07, 6.45) is 1.91. The van der Waals surface area contributed by atoms with Crippen LogP contribution in [0.15, 0.2) is 0 Å². The van der Waals surface area contributed by atoms with E-state index in [0.717, 1.165) is 12.8 Å². The van der Waals surface area contributed by atoms with Crippen molar-refractivity contribution in [3.63, 3.8) is 0 Å². The molecule has 1 saturated heterocycles. The number of piperidine rings is 1. The third-order valence-electron chi connectivity index (χ3n) is 3.66. The molecular weight excluding hydrogens is 264 g/mol. The van der Waals surface area contributed by atoms with Crippen molar-refractivity contribution in [1.29, 1.82) is 0 Å². The highest BCUT2D eigenvalue weighted by Gasteiger charge is 2.30. The summed E-state index contributed by atoms with van der Waals surface area (Å²) >= 11 is 0. The number of methoxy groups -OCH3 is 1. The summed E-state index contributed by atoms with van der Waals surface area (Å²) in [4.78, 5) is 0. The molecule has 0 aromatic rings. The lowest BCUT2D eigenvalue weighted by Crippen LogP contribution is -2.49. The highest BCUT2D eigenvalue weighted by Crippen LogP contribution is 2.22. The predicted molar refractivity (Wildman–Crippen MR) is 77.1 cm³/mol. The SMILES string of the molecule is CO[C@H](CNS(=O)(=O)N1CCC[C@@H](C)C1)C(C)(C)C. The van der Waals surface area contributed by atoms with E-state index in [-0.39, 0.29) is 11.5 Å². The second kappa shape index (κ2) is 6.52. The van der Waals surface area contributed by atoms with Crippen LogP contribution in [-0.2, 0) is 14.9 Å². The van der Waals surface area contributed by atoms with Crippen molar-refractivity contribution in [1.82, 2.24) is 9.03 Å². The first kappa shape index (κ1) is 16.9. The maximum Gasteiger partial charge on any atom is 0.279 e. The smallest absolute Gasteiger partial charge is 0.279 e. The standard InChI is InChI=1S/C13H28N2O3S/c1-11-7-6-8-15(10-11)19(16,17)14-9-12(18-5)13(2,3)4/h11-12,14H,6-10H2,1-5H3/t11-,12-/m1/s1. The van der Waals surface area contributed by atoms with Gasteiger partial charge in [0.15, 0.2) is 0 Å². The zero-order valence-electron chi connectivity index (χ0n) is 12.8. The lowest BCUT2D eigenvalue weighted by atomic mass is 9.89. The van der Waals surface area contributed by atoms with Crippen LogP contribution in [-0.4, -0.2) is 45.6 Å². The van der Waals surface area contributed by atoms with Crippen molar-refractivity contribution < 1.29 is 13.2 Å². The zero-order valence-corrected chi connectivity index (χ0v) is 13.6. The molecule has 19 heavy (non-hydrogen) atoms. The van der Waals surface area contributed by atoms with Crippen molar-refractivity contribution in [2.24, 2.45) is 11.3 Å². The van der Waals surface area contributed by atoms with Crippen molar-refractivity contribution in [2.45, 2.75) is 46.6 Å². The first-order valence-electron chi connectivity index (χ1n) is 6.94. The first-order chi connectivity index (χ1) is 8.66. The fourth-order valence-electron chi connectivity index (χ4n) is 2.38. The van der Waals surface area contributed by atoms with E-state index in [0.29, 0.717) is 25.6 Å². The van der Waals surface area contributed by atoms with Gasteiger partial charge in [-0.2, -0.15) is 17.4 Å². The van der Waals surface area contributed by atoms with Gasteiger partial charge < -0.3 is 4.74 Å². The van der Waals surface area contributed by atoms with Crippen LogP contribution >= 0.6 is 0 Å². The molecule has 1 N–H and O–H groups in total. The minimum Gasteiger partial charge on any atom is -0.380 e. The number of rotatable bonds is 5. The van der Waals surface area contributed by atoms with E-state index in [9.17, 15) is 8.42 Å². The fraction of sp³-hybridized carbons (Fsp3) is 1.00. The third-order valence-corrected chi connectivity index (χ3v) is 5.20. The summed E-state index contributed by atoms with van der Waals surface area (Å²) in [5, 5.41) is 0. The van der Waals surface area contributed by atoms with E-state index in [1.165, 1.54) is 0 Å². The summed E-state index contributed by atoms with van der Waals surface area (Å²) in [5.41, 5.74) is -0.0908. The Bertz CT molecular complexity index is 376. The average Bonchev–Trinajstić information content (AvgIpc) is 2.27. The van der Waals surface area contributed by atoms with Crippen LogP contribution in [0.2, 0.25) is 0 Å². The van der Waals surface area contributed by atoms with Gasteiger partial charge in [0.25, 0.3) is 10.2 Å². The molecule has 0 radical (unpaired) electrons. The lowest BCUT2D eigenvalue weighted by Gasteiger charge is -2.33. The largest absolute Gasteiger partial charge is 0.380 e.